The molecule has 10 heteroatoms. The van der Waals surface area contributed by atoms with Crippen molar-refractivity contribution in [2.75, 3.05) is 5.73 Å². The van der Waals surface area contributed by atoms with Crippen LogP contribution in [0.1, 0.15) is 48.4 Å². The SMILES string of the molecule is CC(C)N(C(C)C)S(=O)(=O)c1ccc(-n2c(N)c3c(cc2=O)C(=O)NC3=O)cc1. The number of carbonyl (C=O) groups excluding carboxylic acids is 2. The maximum absolute atomic E-state index is 13.0. The third-order valence-corrected chi connectivity index (χ3v) is 6.91. The summed E-state index contributed by atoms with van der Waals surface area (Å²) in [4.78, 5) is 36.3. The Balaban J connectivity index is 2.09. The molecule has 0 radical (unpaired) electrons. The van der Waals surface area contributed by atoms with Crippen molar-refractivity contribution >= 4 is 27.7 Å². The van der Waals surface area contributed by atoms with E-state index in [9.17, 15) is 22.8 Å². The minimum atomic E-state index is -3.74. The number of aromatic nitrogens is 1. The molecule has 0 atom stereocenters. The summed E-state index contributed by atoms with van der Waals surface area (Å²) in [5, 5.41) is 2.10. The van der Waals surface area contributed by atoms with Crippen molar-refractivity contribution in [2.24, 2.45) is 0 Å². The smallest absolute Gasteiger partial charge is 0.262 e. The predicted octanol–water partition coefficient (Wildman–Crippen LogP) is 1.11. The van der Waals surface area contributed by atoms with Crippen molar-refractivity contribution in [3.63, 3.8) is 0 Å². The molecule has 1 aliphatic heterocycles. The Morgan fingerprint density at radius 3 is 2.03 bits per heavy atom. The summed E-state index contributed by atoms with van der Waals surface area (Å²) in [5.74, 6) is -1.54. The van der Waals surface area contributed by atoms with E-state index in [2.05, 4.69) is 5.32 Å². The summed E-state index contributed by atoms with van der Waals surface area (Å²) in [7, 11) is -3.74. The van der Waals surface area contributed by atoms with E-state index >= 15 is 0 Å². The molecule has 1 aromatic carbocycles. The van der Waals surface area contributed by atoms with E-state index in [1.165, 1.54) is 28.6 Å². The number of sulfonamides is 1. The topological polar surface area (TPSA) is 132 Å². The molecule has 0 unspecified atom stereocenters. The summed E-state index contributed by atoms with van der Waals surface area (Å²) in [6.07, 6.45) is 0. The number of hydrogen-bond donors (Lipinski definition) is 2. The predicted molar refractivity (Wildman–Crippen MR) is 108 cm³/mol. The van der Waals surface area contributed by atoms with E-state index in [1.54, 1.807) is 27.7 Å². The maximum atomic E-state index is 13.0. The van der Waals surface area contributed by atoms with Gasteiger partial charge in [-0.3, -0.25) is 24.3 Å². The number of fused-ring (bicyclic) bond motifs is 1. The molecule has 154 valence electrons. The first-order chi connectivity index (χ1) is 13.5. The monoisotopic (exact) mass is 418 g/mol. The van der Waals surface area contributed by atoms with Gasteiger partial charge in [0, 0.05) is 18.2 Å². The highest BCUT2D eigenvalue weighted by Crippen LogP contribution is 2.25. The van der Waals surface area contributed by atoms with Crippen molar-refractivity contribution < 1.29 is 18.0 Å². The number of carbonyl (C=O) groups is 2. The van der Waals surface area contributed by atoms with Gasteiger partial charge in [0.15, 0.2) is 0 Å². The van der Waals surface area contributed by atoms with E-state index in [1.807, 2.05) is 0 Å². The number of rotatable bonds is 5. The highest BCUT2D eigenvalue weighted by molar-refractivity contribution is 7.89. The van der Waals surface area contributed by atoms with E-state index in [-0.39, 0.29) is 39.6 Å². The molecule has 0 fully saturated rings. The molecule has 2 heterocycles. The number of nitrogens with zero attached hydrogens (tertiary/aromatic N) is 2. The Hall–Kier alpha value is -2.98. The summed E-state index contributed by atoms with van der Waals surface area (Å²) < 4.78 is 28.4. The van der Waals surface area contributed by atoms with Crippen LogP contribution in [0.15, 0.2) is 40.0 Å². The number of benzene rings is 1. The van der Waals surface area contributed by atoms with E-state index in [0.29, 0.717) is 0 Å². The quantitative estimate of drug-likeness (QED) is 0.699. The van der Waals surface area contributed by atoms with Gasteiger partial charge in [-0.25, -0.2) is 8.42 Å². The van der Waals surface area contributed by atoms with Crippen molar-refractivity contribution in [2.45, 2.75) is 44.7 Å². The zero-order valence-corrected chi connectivity index (χ0v) is 17.3. The number of pyridine rings is 1. The lowest BCUT2D eigenvalue weighted by atomic mass is 10.1. The average molecular weight is 418 g/mol. The van der Waals surface area contributed by atoms with Crippen LogP contribution < -0.4 is 16.6 Å². The molecule has 0 saturated carbocycles. The molecule has 29 heavy (non-hydrogen) atoms. The van der Waals surface area contributed by atoms with Crippen LogP contribution in [0.25, 0.3) is 5.69 Å². The Morgan fingerprint density at radius 2 is 1.52 bits per heavy atom. The average Bonchev–Trinajstić information content (AvgIpc) is 2.88. The number of amides is 2. The number of imide groups is 1. The lowest BCUT2D eigenvalue weighted by Crippen LogP contribution is -2.41. The first-order valence-corrected chi connectivity index (χ1v) is 10.5. The summed E-state index contributed by atoms with van der Waals surface area (Å²) >= 11 is 0. The maximum Gasteiger partial charge on any atom is 0.262 e. The molecular weight excluding hydrogens is 396 g/mol. The minimum absolute atomic E-state index is 0.0718. The number of nitrogen functional groups attached to an aromatic ring is 1. The van der Waals surface area contributed by atoms with Gasteiger partial charge in [0.05, 0.1) is 21.7 Å². The Bertz CT molecular complexity index is 1160. The number of nitrogens with one attached hydrogen (secondary N) is 1. The molecule has 2 aromatic rings. The second-order valence-electron chi connectivity index (χ2n) is 7.29. The highest BCUT2D eigenvalue weighted by Gasteiger charge is 2.32. The molecule has 0 bridgehead atoms. The molecule has 0 aliphatic carbocycles. The van der Waals surface area contributed by atoms with Gasteiger partial charge in [-0.2, -0.15) is 4.31 Å². The number of nitrogens with two attached hydrogens (primary N) is 1. The van der Waals surface area contributed by atoms with Crippen molar-refractivity contribution in [3.05, 3.63) is 51.8 Å². The van der Waals surface area contributed by atoms with Crippen LogP contribution in [0.2, 0.25) is 0 Å². The van der Waals surface area contributed by atoms with Gasteiger partial charge >= 0.3 is 0 Å². The lowest BCUT2D eigenvalue weighted by Gasteiger charge is -2.29. The third-order valence-electron chi connectivity index (χ3n) is 4.64. The molecular formula is C19H22N4O5S. The van der Waals surface area contributed by atoms with Crippen LogP contribution in [-0.4, -0.2) is 41.2 Å². The first-order valence-electron chi connectivity index (χ1n) is 9.02. The second kappa shape index (κ2) is 7.12. The van der Waals surface area contributed by atoms with Crippen LogP contribution in [0, 0.1) is 0 Å². The fraction of sp³-hybridized carbons (Fsp3) is 0.316. The molecule has 0 saturated heterocycles. The lowest BCUT2D eigenvalue weighted by molar-refractivity contribution is 0.0880. The minimum Gasteiger partial charge on any atom is -0.384 e. The second-order valence-corrected chi connectivity index (χ2v) is 9.13. The van der Waals surface area contributed by atoms with E-state index < -0.39 is 27.4 Å². The van der Waals surface area contributed by atoms with E-state index in [4.69, 9.17) is 5.73 Å². The van der Waals surface area contributed by atoms with Crippen LogP contribution in [0.4, 0.5) is 5.82 Å². The Labute approximate surface area is 168 Å². The van der Waals surface area contributed by atoms with Crippen molar-refractivity contribution in [1.82, 2.24) is 14.2 Å². The van der Waals surface area contributed by atoms with Crippen molar-refractivity contribution in [3.8, 4) is 5.69 Å². The van der Waals surface area contributed by atoms with E-state index in [0.717, 1.165) is 10.6 Å². The van der Waals surface area contributed by atoms with Gasteiger partial charge < -0.3 is 5.73 Å². The van der Waals surface area contributed by atoms with Gasteiger partial charge in [0.25, 0.3) is 17.4 Å². The molecule has 3 N–H and O–H groups in total. The summed E-state index contributed by atoms with van der Waals surface area (Å²) in [5.41, 5.74) is 5.53. The fourth-order valence-electron chi connectivity index (χ4n) is 3.59. The highest BCUT2D eigenvalue weighted by atomic mass is 32.2. The zero-order valence-electron chi connectivity index (χ0n) is 16.5. The standard InChI is InChI=1S/C19H22N4O5S/c1-10(2)23(11(3)4)29(27,28)13-7-5-12(6-8-13)22-15(24)9-14-16(17(22)20)19(26)21-18(14)25/h5-11H,20H2,1-4H3,(H,21,25,26). The van der Waals surface area contributed by atoms with Gasteiger partial charge in [0.2, 0.25) is 10.0 Å². The van der Waals surface area contributed by atoms with Gasteiger partial charge in [-0.1, -0.05) is 0 Å². The first kappa shape index (κ1) is 20.7. The summed E-state index contributed by atoms with van der Waals surface area (Å²) in [6.45, 7) is 7.18. The summed E-state index contributed by atoms with van der Waals surface area (Å²) in [6, 6.07) is 6.21. The van der Waals surface area contributed by atoms with Crippen molar-refractivity contribution in [1.29, 1.82) is 0 Å². The molecule has 2 amide bonds. The molecule has 1 aromatic heterocycles. The van der Waals surface area contributed by atoms with Crippen LogP contribution in [0.5, 0.6) is 0 Å². The Morgan fingerprint density at radius 1 is 0.966 bits per heavy atom. The Kier molecular flexibility index (Phi) is 5.10. The van der Waals surface area contributed by atoms with Gasteiger partial charge in [-0.05, 0) is 52.0 Å². The zero-order chi connectivity index (χ0) is 21.7. The molecule has 1 aliphatic rings. The fourth-order valence-corrected chi connectivity index (χ4v) is 5.42. The van der Waals surface area contributed by atoms with Gasteiger partial charge in [0.1, 0.15) is 5.82 Å². The van der Waals surface area contributed by atoms with Crippen LogP contribution in [-0.2, 0) is 10.0 Å². The van der Waals surface area contributed by atoms with Crippen LogP contribution >= 0.6 is 0 Å². The molecule has 0 spiro atoms. The normalized spacial score (nSPS) is 14.0. The number of hydrogen-bond acceptors (Lipinski definition) is 6. The third kappa shape index (κ3) is 3.34. The number of anilines is 1. The van der Waals surface area contributed by atoms with Crippen LogP contribution in [0.3, 0.4) is 0 Å². The van der Waals surface area contributed by atoms with Gasteiger partial charge in [-0.15, -0.1) is 0 Å². The molecule has 9 nitrogen and oxygen atoms in total. The largest absolute Gasteiger partial charge is 0.384 e. The molecule has 3 rings (SSSR count).